The summed E-state index contributed by atoms with van der Waals surface area (Å²) in [4.78, 5) is 47.0. The minimum absolute atomic E-state index is 0.0566. The molecule has 0 spiro atoms. The van der Waals surface area contributed by atoms with E-state index in [0.29, 0.717) is 5.56 Å². The van der Waals surface area contributed by atoms with Crippen LogP contribution in [0.4, 0.5) is 9.18 Å². The van der Waals surface area contributed by atoms with Crippen LogP contribution in [0.5, 0.6) is 0 Å². The zero-order valence-corrected chi connectivity index (χ0v) is 31.2. The third kappa shape index (κ3) is 8.00. The number of thioether (sulfide) groups is 1. The molecule has 12 heteroatoms. The molecule has 1 fully saturated rings. The average Bonchev–Trinajstić information content (AvgIpc) is 3.78. The molecule has 0 aliphatic carbocycles. The number of nitrogens with zero attached hydrogens (tertiary/aromatic N) is 2. The SMILES string of the molecule is Cc1ncsc1-c1ccc(CNC(=O)[C@@H]2C[C@@H](O)CN2C(=O)C(NC(=O)O)C(C)(C)SC(c2ccccc2)(c2ccccc2)c2ccccc2)c(F)c1. The summed E-state index contributed by atoms with van der Waals surface area (Å²) >= 11 is 2.84. The highest BCUT2D eigenvalue weighted by Crippen LogP contribution is 2.54. The fourth-order valence-electron chi connectivity index (χ4n) is 6.99. The molecule has 1 aliphatic heterocycles. The van der Waals surface area contributed by atoms with Gasteiger partial charge in [-0.15, -0.1) is 23.1 Å². The minimum atomic E-state index is -1.41. The van der Waals surface area contributed by atoms with E-state index in [1.54, 1.807) is 17.6 Å². The molecule has 2 heterocycles. The predicted octanol–water partition coefficient (Wildman–Crippen LogP) is 6.98. The molecule has 4 aromatic carbocycles. The smallest absolute Gasteiger partial charge is 0.405 e. The summed E-state index contributed by atoms with van der Waals surface area (Å²) in [6, 6.07) is 31.8. The fraction of sp³-hybridized carbons (Fsp3) is 0.268. The van der Waals surface area contributed by atoms with Gasteiger partial charge in [-0.2, -0.15) is 0 Å². The molecular weight excluding hydrogens is 712 g/mol. The highest BCUT2D eigenvalue weighted by molar-refractivity contribution is 8.02. The summed E-state index contributed by atoms with van der Waals surface area (Å²) in [6.07, 6.45) is -2.49. The summed E-state index contributed by atoms with van der Waals surface area (Å²) in [5.74, 6) is -1.73. The number of aliphatic hydroxyl groups excluding tert-OH is 1. The van der Waals surface area contributed by atoms with Crippen molar-refractivity contribution >= 4 is 41.0 Å². The van der Waals surface area contributed by atoms with Crippen molar-refractivity contribution in [3.63, 3.8) is 0 Å². The van der Waals surface area contributed by atoms with Crippen LogP contribution in [0.3, 0.4) is 0 Å². The Bertz CT molecular complexity index is 1970. The number of rotatable bonds is 12. The zero-order valence-electron chi connectivity index (χ0n) is 29.5. The van der Waals surface area contributed by atoms with Gasteiger partial charge in [-0.1, -0.05) is 103 Å². The van der Waals surface area contributed by atoms with E-state index in [9.17, 15) is 24.6 Å². The lowest BCUT2D eigenvalue weighted by atomic mass is 9.84. The molecule has 53 heavy (non-hydrogen) atoms. The lowest BCUT2D eigenvalue weighted by Crippen LogP contribution is -2.60. The molecule has 0 saturated carbocycles. The lowest BCUT2D eigenvalue weighted by molar-refractivity contribution is -0.140. The van der Waals surface area contributed by atoms with Crippen molar-refractivity contribution in [3.8, 4) is 10.4 Å². The number of thiazole rings is 1. The molecule has 9 nitrogen and oxygen atoms in total. The van der Waals surface area contributed by atoms with Crippen LogP contribution >= 0.6 is 23.1 Å². The molecular formula is C41H41FN4O5S2. The first kappa shape index (κ1) is 37.7. The molecule has 0 bridgehead atoms. The number of amides is 3. The summed E-state index contributed by atoms with van der Waals surface area (Å²) in [5, 5.41) is 26.1. The number of carbonyl (C=O) groups excluding carboxylic acids is 2. The maximum Gasteiger partial charge on any atom is 0.405 e. The number of carbonyl (C=O) groups is 3. The van der Waals surface area contributed by atoms with Gasteiger partial charge >= 0.3 is 6.09 Å². The average molecular weight is 753 g/mol. The van der Waals surface area contributed by atoms with Crippen molar-refractivity contribution in [1.82, 2.24) is 20.5 Å². The third-order valence-electron chi connectivity index (χ3n) is 9.55. The second-order valence-corrected chi connectivity index (χ2v) is 16.3. The Labute approximate surface area is 316 Å². The van der Waals surface area contributed by atoms with Gasteiger partial charge < -0.3 is 25.7 Å². The number of halogens is 1. The van der Waals surface area contributed by atoms with Crippen molar-refractivity contribution < 1.29 is 29.0 Å². The molecule has 6 rings (SSSR count). The molecule has 4 N–H and O–H groups in total. The van der Waals surface area contributed by atoms with Gasteiger partial charge in [-0.3, -0.25) is 9.59 Å². The number of benzene rings is 4. The van der Waals surface area contributed by atoms with Crippen molar-refractivity contribution in [2.24, 2.45) is 0 Å². The Morgan fingerprint density at radius 1 is 0.943 bits per heavy atom. The second kappa shape index (κ2) is 15.9. The largest absolute Gasteiger partial charge is 0.465 e. The van der Waals surface area contributed by atoms with Crippen molar-refractivity contribution in [2.75, 3.05) is 6.54 Å². The van der Waals surface area contributed by atoms with Gasteiger partial charge in [-0.25, -0.2) is 14.2 Å². The van der Waals surface area contributed by atoms with Gasteiger partial charge in [0.1, 0.15) is 17.9 Å². The maximum atomic E-state index is 15.2. The number of nitrogens with one attached hydrogen (secondary N) is 2. The van der Waals surface area contributed by atoms with E-state index in [-0.39, 0.29) is 25.1 Å². The molecule has 5 aromatic rings. The number of hydrogen-bond donors (Lipinski definition) is 4. The van der Waals surface area contributed by atoms with Gasteiger partial charge in [0.25, 0.3) is 0 Å². The van der Waals surface area contributed by atoms with E-state index in [4.69, 9.17) is 0 Å². The van der Waals surface area contributed by atoms with Crippen LogP contribution in [-0.4, -0.2) is 67.5 Å². The van der Waals surface area contributed by atoms with Crippen LogP contribution in [0.2, 0.25) is 0 Å². The predicted molar refractivity (Wildman–Crippen MR) is 206 cm³/mol. The monoisotopic (exact) mass is 752 g/mol. The van der Waals surface area contributed by atoms with E-state index >= 15 is 4.39 Å². The number of carboxylic acid groups (broad SMARTS) is 1. The number of likely N-dealkylation sites (tertiary alicyclic amines) is 1. The first-order valence-electron chi connectivity index (χ1n) is 17.2. The molecule has 1 aliphatic rings. The van der Waals surface area contributed by atoms with Gasteiger partial charge in [0.05, 0.1) is 26.9 Å². The van der Waals surface area contributed by atoms with Crippen molar-refractivity contribution in [1.29, 1.82) is 0 Å². The summed E-state index contributed by atoms with van der Waals surface area (Å²) in [5.41, 5.74) is 6.20. The minimum Gasteiger partial charge on any atom is -0.465 e. The number of hydrogen-bond acceptors (Lipinski definition) is 7. The normalized spacial score (nSPS) is 16.6. The number of aryl methyl sites for hydroxylation is 1. The highest BCUT2D eigenvalue weighted by atomic mass is 32.2. The maximum absolute atomic E-state index is 15.2. The van der Waals surface area contributed by atoms with Crippen LogP contribution in [0, 0.1) is 12.7 Å². The van der Waals surface area contributed by atoms with Crippen LogP contribution in [0.15, 0.2) is 115 Å². The van der Waals surface area contributed by atoms with E-state index in [0.717, 1.165) is 27.3 Å². The second-order valence-electron chi connectivity index (χ2n) is 13.6. The van der Waals surface area contributed by atoms with Crippen LogP contribution in [-0.2, 0) is 20.9 Å². The summed E-state index contributed by atoms with van der Waals surface area (Å²) in [7, 11) is 0. The van der Waals surface area contributed by atoms with Crippen LogP contribution in [0.25, 0.3) is 10.4 Å². The first-order chi connectivity index (χ1) is 25.4. The number of β-amino-alcohol motifs (C(OH)–C–C–N with tert-alkyl or cyclic N) is 1. The topological polar surface area (TPSA) is 132 Å². The van der Waals surface area contributed by atoms with E-state index in [2.05, 4.69) is 15.6 Å². The highest BCUT2D eigenvalue weighted by Gasteiger charge is 2.50. The fourth-order valence-corrected chi connectivity index (χ4v) is 9.62. The van der Waals surface area contributed by atoms with Crippen molar-refractivity contribution in [3.05, 3.63) is 148 Å². The Balaban J connectivity index is 1.30. The first-order valence-corrected chi connectivity index (χ1v) is 18.9. The molecule has 1 unspecified atom stereocenters. The standard InChI is InChI=1S/C41H41FN4O5S2/c1-26-35(52-25-44-26)27-19-20-28(33(42)21-27)23-43-37(48)34-22-32(47)24-46(34)38(49)36(45-39(50)51)40(2,3)53-41(29-13-7-4-8-14-29,30-15-9-5-10-16-30)31-17-11-6-12-18-31/h4-21,25,32,34,36,45,47H,22-24H2,1-3H3,(H,43,48)(H,50,51)/t32-,34+,36?/m1/s1. The van der Waals surface area contributed by atoms with E-state index in [1.807, 2.05) is 112 Å². The Morgan fingerprint density at radius 3 is 2.00 bits per heavy atom. The number of aliphatic hydroxyl groups is 1. The zero-order chi connectivity index (χ0) is 37.8. The summed E-state index contributed by atoms with van der Waals surface area (Å²) < 4.78 is 13.1. The third-order valence-corrected chi connectivity index (χ3v) is 12.3. The quantitative estimate of drug-likeness (QED) is 0.101. The van der Waals surface area contributed by atoms with Crippen LogP contribution in [0.1, 0.15) is 48.2 Å². The Morgan fingerprint density at radius 2 is 1.51 bits per heavy atom. The Hall–Kier alpha value is -5.04. The van der Waals surface area contributed by atoms with E-state index in [1.165, 1.54) is 34.1 Å². The van der Waals surface area contributed by atoms with Crippen molar-refractivity contribution in [2.45, 2.75) is 61.4 Å². The van der Waals surface area contributed by atoms with Gasteiger partial charge in [-0.05, 0) is 49.1 Å². The van der Waals surface area contributed by atoms with Gasteiger partial charge in [0.2, 0.25) is 11.8 Å². The molecule has 274 valence electrons. The Kier molecular flexibility index (Phi) is 11.3. The van der Waals surface area contributed by atoms with Gasteiger partial charge in [0, 0.05) is 29.8 Å². The van der Waals surface area contributed by atoms with Crippen LogP contribution < -0.4 is 10.6 Å². The molecule has 3 amide bonds. The molecule has 0 radical (unpaired) electrons. The number of aromatic nitrogens is 1. The van der Waals surface area contributed by atoms with E-state index < -0.39 is 51.4 Å². The van der Waals surface area contributed by atoms with Gasteiger partial charge in [0.15, 0.2) is 0 Å². The lowest BCUT2D eigenvalue weighted by Gasteiger charge is -2.44. The molecule has 3 atom stereocenters. The molecule has 1 saturated heterocycles. The molecule has 1 aromatic heterocycles. The summed E-state index contributed by atoms with van der Waals surface area (Å²) in [6.45, 7) is 5.15.